The van der Waals surface area contributed by atoms with E-state index in [0.717, 1.165) is 0 Å². The summed E-state index contributed by atoms with van der Waals surface area (Å²) in [5.74, 6) is -0.562. The molecule has 0 aromatic carbocycles. The van der Waals surface area contributed by atoms with Gasteiger partial charge in [-0.25, -0.2) is 17.9 Å². The number of sulfonamides is 1. The van der Waals surface area contributed by atoms with E-state index >= 15 is 0 Å². The first kappa shape index (κ1) is 15.5. The predicted octanol–water partition coefficient (Wildman–Crippen LogP) is 1.27. The topological polar surface area (TPSA) is 88.3 Å². The van der Waals surface area contributed by atoms with Gasteiger partial charge < -0.3 is 9.72 Å². The highest BCUT2D eigenvalue weighted by molar-refractivity contribution is 7.89. The fraction of sp³-hybridized carbons (Fsp3) is 0.417. The van der Waals surface area contributed by atoms with Crippen molar-refractivity contribution in [3.63, 3.8) is 0 Å². The van der Waals surface area contributed by atoms with Gasteiger partial charge in [-0.2, -0.15) is 0 Å². The van der Waals surface area contributed by atoms with Gasteiger partial charge in [0.05, 0.1) is 6.61 Å². The van der Waals surface area contributed by atoms with Gasteiger partial charge in [-0.15, -0.1) is 6.58 Å². The van der Waals surface area contributed by atoms with Gasteiger partial charge in [-0.1, -0.05) is 6.08 Å². The molecule has 19 heavy (non-hydrogen) atoms. The maximum atomic E-state index is 12.1. The first-order chi connectivity index (χ1) is 8.85. The number of aryl methyl sites for hydroxylation is 1. The van der Waals surface area contributed by atoms with Crippen LogP contribution < -0.4 is 4.72 Å². The van der Waals surface area contributed by atoms with Crippen molar-refractivity contribution in [1.82, 2.24) is 9.71 Å². The molecule has 0 spiro atoms. The number of esters is 1. The number of ether oxygens (including phenoxy) is 1. The molecule has 2 N–H and O–H groups in total. The lowest BCUT2D eigenvalue weighted by Crippen LogP contribution is -2.24. The number of H-pyrrole nitrogens is 1. The SMILES string of the molecule is C=CCNS(=O)(=O)c1c(C)[nH]c(C(=O)OCC)c1C. The highest BCUT2D eigenvalue weighted by Crippen LogP contribution is 2.23. The van der Waals surface area contributed by atoms with Crippen molar-refractivity contribution in [1.29, 1.82) is 0 Å². The zero-order valence-electron chi connectivity index (χ0n) is 11.2. The minimum absolute atomic E-state index is 0.0809. The summed E-state index contributed by atoms with van der Waals surface area (Å²) in [6.45, 7) is 8.66. The molecule has 0 aliphatic heterocycles. The minimum atomic E-state index is -3.67. The quantitative estimate of drug-likeness (QED) is 0.609. The molecule has 0 atom stereocenters. The molecule has 1 rings (SSSR count). The number of hydrogen-bond acceptors (Lipinski definition) is 4. The van der Waals surface area contributed by atoms with Crippen LogP contribution in [0.3, 0.4) is 0 Å². The Morgan fingerprint density at radius 2 is 2.11 bits per heavy atom. The third kappa shape index (κ3) is 3.24. The van der Waals surface area contributed by atoms with E-state index in [1.165, 1.54) is 6.08 Å². The Morgan fingerprint density at radius 3 is 2.63 bits per heavy atom. The van der Waals surface area contributed by atoms with Crippen LogP contribution in [0.4, 0.5) is 0 Å². The Kier molecular flexibility index (Phi) is 4.90. The number of hydrogen-bond donors (Lipinski definition) is 2. The molecule has 0 aliphatic carbocycles. The monoisotopic (exact) mass is 286 g/mol. The molecular weight excluding hydrogens is 268 g/mol. The molecule has 0 bridgehead atoms. The molecule has 0 unspecified atom stereocenters. The van der Waals surface area contributed by atoms with Gasteiger partial charge in [0.1, 0.15) is 10.6 Å². The highest BCUT2D eigenvalue weighted by atomic mass is 32.2. The third-order valence-corrected chi connectivity index (χ3v) is 4.23. The molecule has 106 valence electrons. The van der Waals surface area contributed by atoms with Gasteiger partial charge in [0.15, 0.2) is 0 Å². The summed E-state index contributed by atoms with van der Waals surface area (Å²) < 4.78 is 31.4. The van der Waals surface area contributed by atoms with Crippen LogP contribution in [-0.4, -0.2) is 32.5 Å². The van der Waals surface area contributed by atoms with E-state index in [1.54, 1.807) is 20.8 Å². The Balaban J connectivity index is 3.24. The van der Waals surface area contributed by atoms with Crippen LogP contribution >= 0.6 is 0 Å². The first-order valence-electron chi connectivity index (χ1n) is 5.82. The number of rotatable bonds is 6. The molecule has 1 heterocycles. The van der Waals surface area contributed by atoms with Crippen LogP contribution in [0, 0.1) is 13.8 Å². The second-order valence-corrected chi connectivity index (χ2v) is 5.64. The molecule has 7 heteroatoms. The zero-order chi connectivity index (χ0) is 14.6. The van der Waals surface area contributed by atoms with Crippen molar-refractivity contribution in [2.45, 2.75) is 25.7 Å². The van der Waals surface area contributed by atoms with Gasteiger partial charge in [0.25, 0.3) is 0 Å². The first-order valence-corrected chi connectivity index (χ1v) is 7.30. The summed E-state index contributed by atoms with van der Waals surface area (Å²) in [6, 6.07) is 0. The number of nitrogens with one attached hydrogen (secondary N) is 2. The molecule has 0 aliphatic rings. The molecule has 6 nitrogen and oxygen atoms in total. The van der Waals surface area contributed by atoms with Gasteiger partial charge in [0.2, 0.25) is 10.0 Å². The Bertz CT molecular complexity index is 587. The lowest BCUT2D eigenvalue weighted by atomic mass is 10.2. The average Bonchev–Trinajstić information content (AvgIpc) is 2.63. The van der Waals surface area contributed by atoms with Gasteiger partial charge >= 0.3 is 5.97 Å². The fourth-order valence-corrected chi connectivity index (χ4v) is 3.22. The fourth-order valence-electron chi connectivity index (χ4n) is 1.78. The van der Waals surface area contributed by atoms with Crippen LogP contribution in [0.2, 0.25) is 0 Å². The largest absolute Gasteiger partial charge is 0.461 e. The zero-order valence-corrected chi connectivity index (χ0v) is 12.1. The second-order valence-electron chi connectivity index (χ2n) is 3.94. The van der Waals surface area contributed by atoms with E-state index in [-0.39, 0.29) is 23.7 Å². The van der Waals surface area contributed by atoms with Gasteiger partial charge in [-0.3, -0.25) is 0 Å². The second kappa shape index (κ2) is 6.03. The lowest BCUT2D eigenvalue weighted by molar-refractivity contribution is 0.0519. The maximum absolute atomic E-state index is 12.1. The lowest BCUT2D eigenvalue weighted by Gasteiger charge is -2.05. The van der Waals surface area contributed by atoms with Crippen molar-refractivity contribution < 1.29 is 17.9 Å². The smallest absolute Gasteiger partial charge is 0.355 e. The van der Waals surface area contributed by atoms with E-state index in [4.69, 9.17) is 4.74 Å². The van der Waals surface area contributed by atoms with Crippen molar-refractivity contribution >= 4 is 16.0 Å². The number of aromatic nitrogens is 1. The third-order valence-electron chi connectivity index (χ3n) is 2.53. The summed E-state index contributed by atoms with van der Waals surface area (Å²) >= 11 is 0. The van der Waals surface area contributed by atoms with Crippen LogP contribution in [0.1, 0.15) is 28.7 Å². The average molecular weight is 286 g/mol. The van der Waals surface area contributed by atoms with Crippen molar-refractivity contribution in [2.24, 2.45) is 0 Å². The predicted molar refractivity (Wildman–Crippen MR) is 71.6 cm³/mol. The van der Waals surface area contributed by atoms with Crippen molar-refractivity contribution in [3.05, 3.63) is 29.6 Å². The van der Waals surface area contributed by atoms with Gasteiger partial charge in [-0.05, 0) is 20.8 Å². The maximum Gasteiger partial charge on any atom is 0.355 e. The Hall–Kier alpha value is -1.60. The molecule has 0 radical (unpaired) electrons. The van der Waals surface area contributed by atoms with E-state index in [9.17, 15) is 13.2 Å². The molecule has 1 aromatic rings. The molecule has 0 fully saturated rings. The molecular formula is C12H18N2O4S. The summed E-state index contributed by atoms with van der Waals surface area (Å²) in [7, 11) is -3.67. The van der Waals surface area contributed by atoms with Crippen molar-refractivity contribution in [2.75, 3.05) is 13.2 Å². The van der Waals surface area contributed by atoms with Crippen LogP contribution in [0.5, 0.6) is 0 Å². The minimum Gasteiger partial charge on any atom is -0.461 e. The molecule has 1 aromatic heterocycles. The number of carbonyl (C=O) groups excluding carboxylic acids is 1. The Morgan fingerprint density at radius 1 is 1.47 bits per heavy atom. The highest BCUT2D eigenvalue weighted by Gasteiger charge is 2.26. The molecule has 0 saturated carbocycles. The summed E-state index contributed by atoms with van der Waals surface area (Å²) in [4.78, 5) is 14.5. The van der Waals surface area contributed by atoms with Crippen molar-refractivity contribution in [3.8, 4) is 0 Å². The van der Waals surface area contributed by atoms with E-state index in [2.05, 4.69) is 16.3 Å². The number of carbonyl (C=O) groups is 1. The molecule has 0 amide bonds. The standard InChI is InChI=1S/C12H18N2O4S/c1-5-7-13-19(16,17)11-8(3)10(14-9(11)4)12(15)18-6-2/h5,13-14H,1,6-7H2,2-4H3. The van der Waals surface area contributed by atoms with Crippen LogP contribution in [0.25, 0.3) is 0 Å². The Labute approximate surface area is 112 Å². The van der Waals surface area contributed by atoms with E-state index in [1.807, 2.05) is 0 Å². The summed E-state index contributed by atoms with van der Waals surface area (Å²) in [5, 5.41) is 0. The van der Waals surface area contributed by atoms with Gasteiger partial charge in [0, 0.05) is 17.8 Å². The van der Waals surface area contributed by atoms with E-state index < -0.39 is 16.0 Å². The van der Waals surface area contributed by atoms with E-state index in [0.29, 0.717) is 11.3 Å². The number of aromatic amines is 1. The van der Waals surface area contributed by atoms with Crippen LogP contribution in [-0.2, 0) is 14.8 Å². The van der Waals surface area contributed by atoms with Crippen LogP contribution in [0.15, 0.2) is 17.6 Å². The molecule has 0 saturated heterocycles. The normalized spacial score (nSPS) is 11.3. The summed E-state index contributed by atoms with van der Waals surface area (Å²) in [5.41, 5.74) is 0.919. The summed E-state index contributed by atoms with van der Waals surface area (Å²) in [6.07, 6.45) is 1.45.